The van der Waals surface area contributed by atoms with E-state index in [1.165, 1.54) is 7.11 Å². The number of ether oxygens (including phenoxy) is 4. The molecule has 0 spiro atoms. The SMILES string of the molecule is COC(=O)C[C@H]1CC[C@@H]2[C@@H](COc3ccc(NC(=O)C4CCOCC4)cc3C(=O)N2C)O1. The smallest absolute Gasteiger partial charge is 0.308 e. The number of hydrogen-bond donors (Lipinski definition) is 1. The van der Waals surface area contributed by atoms with E-state index in [4.69, 9.17) is 18.9 Å². The molecule has 3 atom stereocenters. The summed E-state index contributed by atoms with van der Waals surface area (Å²) in [5.41, 5.74) is 0.980. The zero-order chi connectivity index (χ0) is 22.7. The van der Waals surface area contributed by atoms with E-state index in [0.29, 0.717) is 55.9 Å². The van der Waals surface area contributed by atoms with Crippen molar-refractivity contribution in [2.24, 2.45) is 5.92 Å². The predicted octanol–water partition coefficient (Wildman–Crippen LogP) is 2.00. The fraction of sp³-hybridized carbons (Fsp3) is 0.609. The van der Waals surface area contributed by atoms with Crippen molar-refractivity contribution in [3.8, 4) is 5.75 Å². The average molecular weight is 447 g/mol. The van der Waals surface area contributed by atoms with Crippen LogP contribution in [0.1, 0.15) is 42.5 Å². The number of hydrogen-bond acceptors (Lipinski definition) is 7. The Kier molecular flexibility index (Phi) is 6.95. The van der Waals surface area contributed by atoms with Crippen LogP contribution in [0.25, 0.3) is 0 Å². The highest BCUT2D eigenvalue weighted by Gasteiger charge is 2.39. The molecule has 1 N–H and O–H groups in total. The van der Waals surface area contributed by atoms with E-state index < -0.39 is 0 Å². The monoisotopic (exact) mass is 446 g/mol. The highest BCUT2D eigenvalue weighted by Crippen LogP contribution is 2.32. The molecule has 0 aromatic heterocycles. The van der Waals surface area contributed by atoms with E-state index in [2.05, 4.69) is 5.32 Å². The van der Waals surface area contributed by atoms with Crippen LogP contribution in [0, 0.1) is 5.92 Å². The number of likely N-dealkylation sites (N-methyl/N-ethyl adjacent to an activating group) is 1. The minimum absolute atomic E-state index is 0.0572. The number of rotatable bonds is 4. The third-order valence-electron chi connectivity index (χ3n) is 6.49. The third kappa shape index (κ3) is 4.88. The number of nitrogens with zero attached hydrogens (tertiary/aromatic N) is 1. The van der Waals surface area contributed by atoms with Crippen molar-refractivity contribution in [3.05, 3.63) is 23.8 Å². The number of carbonyl (C=O) groups excluding carboxylic acids is 3. The topological polar surface area (TPSA) is 103 Å². The summed E-state index contributed by atoms with van der Waals surface area (Å²) in [6, 6.07) is 4.96. The lowest BCUT2D eigenvalue weighted by Gasteiger charge is -2.42. The lowest BCUT2D eigenvalue weighted by atomic mass is 9.94. The Hall–Kier alpha value is -2.65. The zero-order valence-electron chi connectivity index (χ0n) is 18.5. The second kappa shape index (κ2) is 9.87. The van der Waals surface area contributed by atoms with Crippen LogP contribution in [0.15, 0.2) is 18.2 Å². The molecule has 32 heavy (non-hydrogen) atoms. The van der Waals surface area contributed by atoms with Crippen molar-refractivity contribution in [3.63, 3.8) is 0 Å². The van der Waals surface area contributed by atoms with E-state index in [1.807, 2.05) is 0 Å². The lowest BCUT2D eigenvalue weighted by molar-refractivity contribution is -0.151. The van der Waals surface area contributed by atoms with Crippen molar-refractivity contribution in [1.82, 2.24) is 4.90 Å². The summed E-state index contributed by atoms with van der Waals surface area (Å²) in [5, 5.41) is 2.93. The highest BCUT2D eigenvalue weighted by molar-refractivity contribution is 6.00. The van der Waals surface area contributed by atoms with Crippen molar-refractivity contribution in [2.75, 3.05) is 39.3 Å². The second-order valence-electron chi connectivity index (χ2n) is 8.54. The molecular weight excluding hydrogens is 416 g/mol. The van der Waals surface area contributed by atoms with Gasteiger partial charge in [-0.25, -0.2) is 0 Å². The van der Waals surface area contributed by atoms with E-state index in [9.17, 15) is 14.4 Å². The minimum Gasteiger partial charge on any atom is -0.490 e. The Bertz CT molecular complexity index is 868. The molecule has 3 aliphatic rings. The van der Waals surface area contributed by atoms with Gasteiger partial charge in [-0.3, -0.25) is 14.4 Å². The summed E-state index contributed by atoms with van der Waals surface area (Å²) < 4.78 is 22.1. The highest BCUT2D eigenvalue weighted by atomic mass is 16.6. The molecule has 1 aromatic rings. The first-order chi connectivity index (χ1) is 15.5. The van der Waals surface area contributed by atoms with Gasteiger partial charge in [0.15, 0.2) is 0 Å². The molecule has 0 radical (unpaired) electrons. The fourth-order valence-corrected chi connectivity index (χ4v) is 4.58. The van der Waals surface area contributed by atoms with Gasteiger partial charge in [0.2, 0.25) is 5.91 Å². The molecule has 174 valence electrons. The minimum atomic E-state index is -0.339. The summed E-state index contributed by atoms with van der Waals surface area (Å²) in [4.78, 5) is 39.2. The van der Waals surface area contributed by atoms with Gasteiger partial charge in [0.1, 0.15) is 18.5 Å². The van der Waals surface area contributed by atoms with Gasteiger partial charge in [-0.2, -0.15) is 0 Å². The predicted molar refractivity (Wildman–Crippen MR) is 115 cm³/mol. The van der Waals surface area contributed by atoms with Gasteiger partial charge in [0, 0.05) is 31.9 Å². The maximum atomic E-state index is 13.3. The van der Waals surface area contributed by atoms with Gasteiger partial charge in [0.05, 0.1) is 31.2 Å². The molecule has 2 amide bonds. The Morgan fingerprint density at radius 2 is 1.97 bits per heavy atom. The average Bonchev–Trinajstić information content (AvgIpc) is 2.82. The van der Waals surface area contributed by atoms with Crippen molar-refractivity contribution in [2.45, 2.75) is 50.4 Å². The third-order valence-corrected chi connectivity index (χ3v) is 6.49. The van der Waals surface area contributed by atoms with E-state index >= 15 is 0 Å². The summed E-state index contributed by atoms with van der Waals surface area (Å²) in [5.74, 6) is -0.197. The number of nitrogens with one attached hydrogen (secondary N) is 1. The number of carbonyl (C=O) groups is 3. The molecule has 0 bridgehead atoms. The van der Waals surface area contributed by atoms with Crippen LogP contribution in [0.5, 0.6) is 5.75 Å². The molecule has 2 saturated heterocycles. The molecule has 4 rings (SSSR count). The molecule has 3 aliphatic heterocycles. The number of esters is 1. The van der Waals surface area contributed by atoms with Crippen molar-refractivity contribution >= 4 is 23.5 Å². The first-order valence-electron chi connectivity index (χ1n) is 11.1. The van der Waals surface area contributed by atoms with Crippen LogP contribution in [0.3, 0.4) is 0 Å². The maximum absolute atomic E-state index is 13.3. The summed E-state index contributed by atoms with van der Waals surface area (Å²) >= 11 is 0. The number of fused-ring (bicyclic) bond motifs is 2. The quantitative estimate of drug-likeness (QED) is 0.706. The Labute approximate surface area is 187 Å². The number of anilines is 1. The number of methoxy groups -OCH3 is 1. The van der Waals surface area contributed by atoms with Gasteiger partial charge in [-0.15, -0.1) is 0 Å². The molecular formula is C23H30N2O7. The summed E-state index contributed by atoms with van der Waals surface area (Å²) in [6.45, 7) is 1.44. The summed E-state index contributed by atoms with van der Waals surface area (Å²) in [7, 11) is 3.11. The van der Waals surface area contributed by atoms with Crippen LogP contribution < -0.4 is 10.1 Å². The van der Waals surface area contributed by atoms with Gasteiger partial charge < -0.3 is 29.2 Å². The Morgan fingerprint density at radius 1 is 1.19 bits per heavy atom. The standard InChI is InChI=1S/C23H30N2O7/c1-25-18-5-4-16(12-21(26)29-2)32-20(18)13-31-19-6-3-15(11-17(19)23(25)28)24-22(27)14-7-9-30-10-8-14/h3,6,11,14,16,18,20H,4-5,7-10,12-13H2,1-2H3,(H,24,27)/t16-,18-,20-/m1/s1. The zero-order valence-corrected chi connectivity index (χ0v) is 18.5. The normalized spacial score (nSPS) is 26.1. The molecule has 9 heteroatoms. The van der Waals surface area contributed by atoms with Crippen LogP contribution in [0.4, 0.5) is 5.69 Å². The Morgan fingerprint density at radius 3 is 2.72 bits per heavy atom. The molecule has 2 fully saturated rings. The number of amides is 2. The molecule has 3 heterocycles. The van der Waals surface area contributed by atoms with E-state index in [-0.39, 0.29) is 55.0 Å². The van der Waals surface area contributed by atoms with Gasteiger partial charge >= 0.3 is 5.97 Å². The fourth-order valence-electron chi connectivity index (χ4n) is 4.58. The van der Waals surface area contributed by atoms with Gasteiger partial charge in [-0.1, -0.05) is 0 Å². The van der Waals surface area contributed by atoms with Crippen LogP contribution >= 0.6 is 0 Å². The van der Waals surface area contributed by atoms with E-state index in [1.54, 1.807) is 30.1 Å². The van der Waals surface area contributed by atoms with Gasteiger partial charge in [0.25, 0.3) is 5.91 Å². The first-order valence-corrected chi connectivity index (χ1v) is 11.1. The van der Waals surface area contributed by atoms with Crippen molar-refractivity contribution in [1.29, 1.82) is 0 Å². The second-order valence-corrected chi connectivity index (χ2v) is 8.54. The lowest BCUT2D eigenvalue weighted by Crippen LogP contribution is -2.53. The summed E-state index contributed by atoms with van der Waals surface area (Å²) in [6.07, 6.45) is 2.34. The number of benzene rings is 1. The maximum Gasteiger partial charge on any atom is 0.308 e. The molecule has 0 saturated carbocycles. The first kappa shape index (κ1) is 22.5. The Balaban J connectivity index is 1.48. The van der Waals surface area contributed by atoms with Crippen LogP contribution in [0.2, 0.25) is 0 Å². The van der Waals surface area contributed by atoms with E-state index in [0.717, 1.165) is 0 Å². The molecule has 9 nitrogen and oxygen atoms in total. The molecule has 1 aromatic carbocycles. The molecule has 0 aliphatic carbocycles. The van der Waals surface area contributed by atoms with Crippen LogP contribution in [-0.2, 0) is 23.8 Å². The van der Waals surface area contributed by atoms with Crippen LogP contribution in [-0.4, -0.2) is 74.9 Å². The van der Waals surface area contributed by atoms with Crippen molar-refractivity contribution < 1.29 is 33.3 Å². The molecule has 0 unspecified atom stereocenters. The van der Waals surface area contributed by atoms with Gasteiger partial charge in [-0.05, 0) is 43.9 Å². The largest absolute Gasteiger partial charge is 0.490 e.